The van der Waals surface area contributed by atoms with Gasteiger partial charge in [0.15, 0.2) is 10.9 Å². The first-order chi connectivity index (χ1) is 15.3. The van der Waals surface area contributed by atoms with E-state index in [0.29, 0.717) is 46.1 Å². The summed E-state index contributed by atoms with van der Waals surface area (Å²) in [5, 5.41) is 3.13. The van der Waals surface area contributed by atoms with Crippen LogP contribution < -0.4 is 5.32 Å². The Morgan fingerprint density at radius 1 is 1.06 bits per heavy atom. The van der Waals surface area contributed by atoms with Gasteiger partial charge in [-0.05, 0) is 60.0 Å². The number of nitrogens with zero attached hydrogens (tertiary/aromatic N) is 1. The Bertz CT molecular complexity index is 1110. The number of dihydropyridines is 1. The van der Waals surface area contributed by atoms with Crippen molar-refractivity contribution >= 4 is 27.9 Å². The fraction of sp³-hybridized carbons (Fsp3) is 0.333. The van der Waals surface area contributed by atoms with E-state index in [4.69, 9.17) is 13.9 Å². The average Bonchev–Trinajstić information content (AvgIpc) is 3.38. The molecule has 0 amide bonds. The molecule has 0 saturated carbocycles. The molecule has 3 heterocycles. The van der Waals surface area contributed by atoms with Crippen molar-refractivity contribution in [2.24, 2.45) is 0 Å². The number of carbonyl (C=O) groups is 2. The predicted octanol–water partition coefficient (Wildman–Crippen LogP) is 4.35. The normalized spacial score (nSPS) is 19.5. The Morgan fingerprint density at radius 3 is 2.19 bits per heavy atom. The maximum Gasteiger partial charge on any atom is 0.338 e. The second-order valence-corrected chi connectivity index (χ2v) is 8.73. The SMILES string of the molecule is COC(=O)C1=C(C)NC(C)=C(C(=O)OC(C)N2Cc3ccccc3C2)C1c1ccc(Br)o1. The highest BCUT2D eigenvalue weighted by molar-refractivity contribution is 9.10. The molecule has 2 aliphatic heterocycles. The molecule has 0 spiro atoms. The number of ether oxygens (including phenoxy) is 2. The van der Waals surface area contributed by atoms with Crippen LogP contribution >= 0.6 is 15.9 Å². The number of carbonyl (C=O) groups excluding carboxylic acids is 2. The fourth-order valence-electron chi connectivity index (χ4n) is 4.32. The number of methoxy groups -OCH3 is 1. The Hall–Kier alpha value is -2.84. The third kappa shape index (κ3) is 4.12. The molecule has 1 aromatic carbocycles. The van der Waals surface area contributed by atoms with Gasteiger partial charge in [0.05, 0.1) is 24.2 Å². The summed E-state index contributed by atoms with van der Waals surface area (Å²) in [5.74, 6) is -1.34. The van der Waals surface area contributed by atoms with Crippen LogP contribution in [0.3, 0.4) is 0 Å². The summed E-state index contributed by atoms with van der Waals surface area (Å²) in [5.41, 5.74) is 4.31. The molecule has 2 aliphatic rings. The Morgan fingerprint density at radius 2 is 1.66 bits per heavy atom. The lowest BCUT2D eigenvalue weighted by atomic mass is 9.83. The number of furan rings is 1. The van der Waals surface area contributed by atoms with E-state index in [1.807, 2.05) is 19.1 Å². The van der Waals surface area contributed by atoms with Crippen LogP contribution in [0.4, 0.5) is 0 Å². The van der Waals surface area contributed by atoms with Crippen LogP contribution in [0.5, 0.6) is 0 Å². The molecular weight excluding hydrogens is 476 g/mol. The van der Waals surface area contributed by atoms with Crippen molar-refractivity contribution in [1.29, 1.82) is 0 Å². The number of rotatable bonds is 5. The van der Waals surface area contributed by atoms with Crippen molar-refractivity contribution in [3.05, 3.63) is 80.5 Å². The number of halogens is 1. The highest BCUT2D eigenvalue weighted by atomic mass is 79.9. The van der Waals surface area contributed by atoms with Crippen molar-refractivity contribution in [3.8, 4) is 0 Å². The van der Waals surface area contributed by atoms with Gasteiger partial charge in [0.25, 0.3) is 0 Å². The molecule has 0 bridgehead atoms. The van der Waals surface area contributed by atoms with Crippen molar-refractivity contribution in [2.75, 3.05) is 7.11 Å². The minimum absolute atomic E-state index is 0.313. The van der Waals surface area contributed by atoms with Crippen molar-refractivity contribution < 1.29 is 23.5 Å². The highest BCUT2D eigenvalue weighted by Gasteiger charge is 2.40. The lowest BCUT2D eigenvalue weighted by Gasteiger charge is -2.30. The number of benzene rings is 1. The van der Waals surface area contributed by atoms with Crippen molar-refractivity contribution in [1.82, 2.24) is 10.2 Å². The lowest BCUT2D eigenvalue weighted by Crippen LogP contribution is -2.36. The molecule has 0 aliphatic carbocycles. The van der Waals surface area contributed by atoms with E-state index in [2.05, 4.69) is 38.3 Å². The maximum absolute atomic E-state index is 13.4. The summed E-state index contributed by atoms with van der Waals surface area (Å²) >= 11 is 3.31. The Labute approximate surface area is 195 Å². The quantitative estimate of drug-likeness (QED) is 0.610. The topological polar surface area (TPSA) is 81.0 Å². The van der Waals surface area contributed by atoms with E-state index in [1.165, 1.54) is 18.2 Å². The second kappa shape index (κ2) is 8.96. The van der Waals surface area contributed by atoms with Gasteiger partial charge >= 0.3 is 11.9 Å². The van der Waals surface area contributed by atoms with Gasteiger partial charge in [0.2, 0.25) is 0 Å². The molecule has 0 radical (unpaired) electrons. The molecule has 1 N–H and O–H groups in total. The second-order valence-electron chi connectivity index (χ2n) is 7.95. The first-order valence-corrected chi connectivity index (χ1v) is 11.1. The molecule has 168 valence electrons. The van der Waals surface area contributed by atoms with Gasteiger partial charge in [-0.2, -0.15) is 0 Å². The zero-order valence-electron chi connectivity index (χ0n) is 18.4. The summed E-state index contributed by atoms with van der Waals surface area (Å²) in [6, 6.07) is 11.7. The van der Waals surface area contributed by atoms with Crippen LogP contribution in [0.1, 0.15) is 43.6 Å². The molecule has 8 heteroatoms. The van der Waals surface area contributed by atoms with Crippen LogP contribution in [0, 0.1) is 0 Å². The van der Waals surface area contributed by atoms with Crippen LogP contribution in [0.15, 0.2) is 68.0 Å². The molecule has 2 unspecified atom stereocenters. The summed E-state index contributed by atoms with van der Waals surface area (Å²) in [7, 11) is 1.31. The average molecular weight is 501 g/mol. The van der Waals surface area contributed by atoms with E-state index in [9.17, 15) is 9.59 Å². The minimum Gasteiger partial charge on any atom is -0.466 e. The number of nitrogens with one attached hydrogen (secondary N) is 1. The van der Waals surface area contributed by atoms with Crippen molar-refractivity contribution in [3.63, 3.8) is 0 Å². The zero-order valence-corrected chi connectivity index (χ0v) is 20.0. The number of allylic oxidation sites excluding steroid dienone is 2. The van der Waals surface area contributed by atoms with Gasteiger partial charge in [-0.1, -0.05) is 24.3 Å². The molecule has 32 heavy (non-hydrogen) atoms. The summed E-state index contributed by atoms with van der Waals surface area (Å²) in [6.07, 6.45) is -0.451. The third-order valence-electron chi connectivity index (χ3n) is 5.92. The molecule has 4 rings (SSSR count). The van der Waals surface area contributed by atoms with Crippen LogP contribution in [-0.2, 0) is 32.2 Å². The van der Waals surface area contributed by atoms with E-state index >= 15 is 0 Å². The van der Waals surface area contributed by atoms with Gasteiger partial charge in [-0.25, -0.2) is 9.59 Å². The van der Waals surface area contributed by atoms with Gasteiger partial charge in [0, 0.05) is 24.5 Å². The molecular formula is C24H25BrN2O5. The smallest absolute Gasteiger partial charge is 0.338 e. The first kappa shape index (κ1) is 22.4. The fourth-order valence-corrected chi connectivity index (χ4v) is 4.64. The van der Waals surface area contributed by atoms with Crippen molar-refractivity contribution in [2.45, 2.75) is 46.0 Å². The number of hydrogen-bond donors (Lipinski definition) is 1. The largest absolute Gasteiger partial charge is 0.466 e. The molecule has 0 saturated heterocycles. The number of fused-ring (bicyclic) bond motifs is 1. The molecule has 1 aromatic heterocycles. The van der Waals surface area contributed by atoms with E-state index < -0.39 is 24.1 Å². The van der Waals surface area contributed by atoms with Crippen LogP contribution in [0.25, 0.3) is 0 Å². The monoisotopic (exact) mass is 500 g/mol. The van der Waals surface area contributed by atoms with Gasteiger partial charge in [-0.15, -0.1) is 0 Å². The first-order valence-electron chi connectivity index (χ1n) is 10.3. The summed E-state index contributed by atoms with van der Waals surface area (Å²) in [4.78, 5) is 28.2. The maximum atomic E-state index is 13.4. The Kier molecular flexibility index (Phi) is 6.26. The van der Waals surface area contributed by atoms with Crippen LogP contribution in [0.2, 0.25) is 0 Å². The van der Waals surface area contributed by atoms with Gasteiger partial charge in [-0.3, -0.25) is 4.90 Å². The summed E-state index contributed by atoms with van der Waals surface area (Å²) < 4.78 is 17.2. The minimum atomic E-state index is -0.745. The number of esters is 2. The van der Waals surface area contributed by atoms with E-state index in [-0.39, 0.29) is 0 Å². The highest BCUT2D eigenvalue weighted by Crippen LogP contribution is 2.40. The van der Waals surface area contributed by atoms with E-state index in [0.717, 1.165) is 0 Å². The molecule has 7 nitrogen and oxygen atoms in total. The predicted molar refractivity (Wildman–Crippen MR) is 121 cm³/mol. The number of hydrogen-bond acceptors (Lipinski definition) is 7. The molecule has 0 fully saturated rings. The van der Waals surface area contributed by atoms with E-state index in [1.54, 1.807) is 26.0 Å². The standard InChI is InChI=1S/C24H25BrN2O5/c1-13-20(23(28)30-4)22(18-9-10-19(25)32-18)21(14(2)26-13)24(29)31-15(3)27-11-16-7-5-6-8-17(16)12-27/h5-10,15,22,26H,11-12H2,1-4H3. The molecule has 2 atom stereocenters. The van der Waals surface area contributed by atoms with Crippen LogP contribution in [-0.4, -0.2) is 30.2 Å². The lowest BCUT2D eigenvalue weighted by molar-refractivity contribution is -0.153. The zero-order chi connectivity index (χ0) is 23.0. The van der Waals surface area contributed by atoms with Gasteiger partial charge < -0.3 is 19.2 Å². The van der Waals surface area contributed by atoms with Gasteiger partial charge in [0.1, 0.15) is 5.76 Å². The summed E-state index contributed by atoms with van der Waals surface area (Å²) in [6.45, 7) is 6.84. The third-order valence-corrected chi connectivity index (χ3v) is 6.35. The molecule has 2 aromatic rings. The Balaban J connectivity index is 1.62.